The van der Waals surface area contributed by atoms with Crippen molar-refractivity contribution in [2.45, 2.75) is 20.0 Å². The highest BCUT2D eigenvalue weighted by atomic mass is 16.5. The van der Waals surface area contributed by atoms with E-state index in [9.17, 15) is 4.79 Å². The van der Waals surface area contributed by atoms with Gasteiger partial charge in [0.15, 0.2) is 0 Å². The lowest BCUT2D eigenvalue weighted by Crippen LogP contribution is -2.28. The molecule has 0 aliphatic rings. The van der Waals surface area contributed by atoms with E-state index in [2.05, 4.69) is 10.3 Å². The largest absolute Gasteiger partial charge is 0.377 e. The van der Waals surface area contributed by atoms with Gasteiger partial charge in [-0.3, -0.25) is 4.79 Å². The van der Waals surface area contributed by atoms with E-state index in [0.29, 0.717) is 18.7 Å². The van der Waals surface area contributed by atoms with Gasteiger partial charge in [-0.05, 0) is 38.1 Å². The van der Waals surface area contributed by atoms with Gasteiger partial charge >= 0.3 is 0 Å². The molecular weight excluding hydrogens is 228 g/mol. The summed E-state index contributed by atoms with van der Waals surface area (Å²) in [4.78, 5) is 15.0. The van der Waals surface area contributed by atoms with E-state index in [1.807, 2.05) is 44.3 Å². The lowest BCUT2D eigenvalue weighted by Gasteiger charge is -2.08. The molecular formula is C14H18N2O2. The molecule has 0 aliphatic heterocycles. The smallest absolute Gasteiger partial charge is 0.251 e. The Bertz CT molecular complexity index is 531. The van der Waals surface area contributed by atoms with Crippen LogP contribution in [0.25, 0.3) is 10.9 Å². The van der Waals surface area contributed by atoms with Crippen molar-refractivity contribution in [2.75, 3.05) is 13.2 Å². The Labute approximate surface area is 106 Å². The summed E-state index contributed by atoms with van der Waals surface area (Å²) in [5.41, 5.74) is 1.71. The van der Waals surface area contributed by atoms with Gasteiger partial charge in [0, 0.05) is 29.2 Å². The number of rotatable bonds is 5. The number of nitrogens with one attached hydrogen (secondary N) is 2. The number of H-pyrrole nitrogens is 1. The fraction of sp³-hybridized carbons (Fsp3) is 0.357. The third-order valence-electron chi connectivity index (χ3n) is 2.65. The molecule has 0 aliphatic carbocycles. The van der Waals surface area contributed by atoms with Gasteiger partial charge in [-0.25, -0.2) is 0 Å². The molecule has 0 radical (unpaired) electrons. The molecule has 2 aromatic rings. The first kappa shape index (κ1) is 12.6. The van der Waals surface area contributed by atoms with Gasteiger partial charge in [0.05, 0.1) is 12.7 Å². The number of carbonyl (C=O) groups is 1. The predicted molar refractivity (Wildman–Crippen MR) is 71.7 cm³/mol. The van der Waals surface area contributed by atoms with E-state index in [-0.39, 0.29) is 12.0 Å². The summed E-state index contributed by atoms with van der Waals surface area (Å²) in [5, 5.41) is 3.88. The predicted octanol–water partition coefficient (Wildman–Crippen LogP) is 2.32. The Balaban J connectivity index is 1.92. The Kier molecular flexibility index (Phi) is 3.99. The molecule has 4 heteroatoms. The first-order valence-corrected chi connectivity index (χ1v) is 6.14. The first-order valence-electron chi connectivity index (χ1n) is 6.14. The Morgan fingerprint density at radius 2 is 2.22 bits per heavy atom. The Morgan fingerprint density at radius 1 is 1.39 bits per heavy atom. The fourth-order valence-corrected chi connectivity index (χ4v) is 1.76. The molecule has 1 aromatic heterocycles. The molecule has 0 fully saturated rings. The zero-order chi connectivity index (χ0) is 13.0. The number of carbonyl (C=O) groups excluding carboxylic acids is 1. The minimum absolute atomic E-state index is 0.0644. The third kappa shape index (κ3) is 3.11. The normalized spacial score (nSPS) is 11.1. The molecule has 0 spiro atoms. The number of ether oxygens (including phenoxy) is 1. The van der Waals surface area contributed by atoms with Crippen molar-refractivity contribution in [3.63, 3.8) is 0 Å². The summed E-state index contributed by atoms with van der Waals surface area (Å²) in [5.74, 6) is -0.0644. The molecule has 2 N–H and O–H groups in total. The minimum atomic E-state index is -0.0644. The van der Waals surface area contributed by atoms with Crippen molar-refractivity contribution in [3.05, 3.63) is 36.0 Å². The third-order valence-corrected chi connectivity index (χ3v) is 2.65. The molecule has 1 amide bonds. The summed E-state index contributed by atoms with van der Waals surface area (Å²) in [6.45, 7) is 5.02. The molecule has 0 saturated carbocycles. The lowest BCUT2D eigenvalue weighted by molar-refractivity contribution is 0.0746. The van der Waals surface area contributed by atoms with Gasteiger partial charge in [-0.15, -0.1) is 0 Å². The monoisotopic (exact) mass is 246 g/mol. The second-order valence-corrected chi connectivity index (χ2v) is 4.46. The van der Waals surface area contributed by atoms with Gasteiger partial charge < -0.3 is 15.0 Å². The van der Waals surface area contributed by atoms with Crippen LogP contribution in [-0.4, -0.2) is 30.1 Å². The number of amides is 1. The maximum atomic E-state index is 11.9. The van der Waals surface area contributed by atoms with Gasteiger partial charge in [-0.1, -0.05) is 0 Å². The van der Waals surface area contributed by atoms with Crippen molar-refractivity contribution in [1.29, 1.82) is 0 Å². The number of hydrogen-bond acceptors (Lipinski definition) is 2. The molecule has 0 saturated heterocycles. The van der Waals surface area contributed by atoms with Crippen LogP contribution in [0.15, 0.2) is 30.5 Å². The van der Waals surface area contributed by atoms with Gasteiger partial charge in [-0.2, -0.15) is 0 Å². The van der Waals surface area contributed by atoms with Crippen molar-refractivity contribution >= 4 is 16.8 Å². The SMILES string of the molecule is CC(C)OCCNC(=O)c1ccc2[nH]ccc2c1. The minimum Gasteiger partial charge on any atom is -0.377 e. The highest BCUT2D eigenvalue weighted by molar-refractivity contribution is 5.98. The summed E-state index contributed by atoms with van der Waals surface area (Å²) < 4.78 is 5.37. The van der Waals surface area contributed by atoms with Crippen LogP contribution < -0.4 is 5.32 Å². The molecule has 1 aromatic carbocycles. The molecule has 96 valence electrons. The summed E-state index contributed by atoms with van der Waals surface area (Å²) in [6.07, 6.45) is 2.06. The quantitative estimate of drug-likeness (QED) is 0.795. The van der Waals surface area contributed by atoms with Crippen LogP contribution in [0.3, 0.4) is 0 Å². The summed E-state index contributed by atoms with van der Waals surface area (Å²) >= 11 is 0. The van der Waals surface area contributed by atoms with Gasteiger partial charge in [0.2, 0.25) is 0 Å². The van der Waals surface area contributed by atoms with Crippen molar-refractivity contribution in [1.82, 2.24) is 10.3 Å². The van der Waals surface area contributed by atoms with Crippen LogP contribution in [-0.2, 0) is 4.74 Å². The highest BCUT2D eigenvalue weighted by Crippen LogP contribution is 2.13. The van der Waals surface area contributed by atoms with Crippen LogP contribution in [0, 0.1) is 0 Å². The summed E-state index contributed by atoms with van der Waals surface area (Å²) in [7, 11) is 0. The van der Waals surface area contributed by atoms with Crippen LogP contribution in [0.4, 0.5) is 0 Å². The van der Waals surface area contributed by atoms with Gasteiger partial charge in [0.25, 0.3) is 5.91 Å². The number of benzene rings is 1. The average Bonchev–Trinajstić information content (AvgIpc) is 2.81. The van der Waals surface area contributed by atoms with Crippen LogP contribution in [0.2, 0.25) is 0 Å². The van der Waals surface area contributed by atoms with Crippen molar-refractivity contribution in [2.24, 2.45) is 0 Å². The Hall–Kier alpha value is -1.81. The van der Waals surface area contributed by atoms with Crippen LogP contribution in [0.1, 0.15) is 24.2 Å². The number of fused-ring (bicyclic) bond motifs is 1. The maximum Gasteiger partial charge on any atom is 0.251 e. The van der Waals surface area contributed by atoms with Gasteiger partial charge in [0.1, 0.15) is 0 Å². The molecule has 0 atom stereocenters. The van der Waals surface area contributed by atoms with Crippen LogP contribution >= 0.6 is 0 Å². The van der Waals surface area contributed by atoms with E-state index in [4.69, 9.17) is 4.74 Å². The molecule has 0 unspecified atom stereocenters. The average molecular weight is 246 g/mol. The molecule has 2 rings (SSSR count). The molecule has 0 bridgehead atoms. The van der Waals surface area contributed by atoms with E-state index in [0.717, 1.165) is 10.9 Å². The Morgan fingerprint density at radius 3 is 3.00 bits per heavy atom. The first-order chi connectivity index (χ1) is 8.66. The topological polar surface area (TPSA) is 54.1 Å². The van der Waals surface area contributed by atoms with E-state index >= 15 is 0 Å². The fourth-order valence-electron chi connectivity index (χ4n) is 1.76. The zero-order valence-corrected chi connectivity index (χ0v) is 10.7. The maximum absolute atomic E-state index is 11.9. The zero-order valence-electron chi connectivity index (χ0n) is 10.7. The number of hydrogen-bond donors (Lipinski definition) is 2. The van der Waals surface area contributed by atoms with E-state index < -0.39 is 0 Å². The second kappa shape index (κ2) is 5.69. The van der Waals surface area contributed by atoms with Crippen LogP contribution in [0.5, 0.6) is 0 Å². The highest BCUT2D eigenvalue weighted by Gasteiger charge is 2.06. The molecule has 1 heterocycles. The summed E-state index contributed by atoms with van der Waals surface area (Å²) in [6, 6.07) is 7.56. The number of aromatic amines is 1. The standard InChI is InChI=1S/C14H18N2O2/c1-10(2)18-8-7-16-14(17)12-3-4-13-11(9-12)5-6-15-13/h3-6,9-10,15H,7-8H2,1-2H3,(H,16,17). The molecule has 4 nitrogen and oxygen atoms in total. The van der Waals surface area contributed by atoms with E-state index in [1.54, 1.807) is 0 Å². The van der Waals surface area contributed by atoms with E-state index in [1.165, 1.54) is 0 Å². The van der Waals surface area contributed by atoms with Crippen molar-refractivity contribution in [3.8, 4) is 0 Å². The number of aromatic nitrogens is 1. The second-order valence-electron chi connectivity index (χ2n) is 4.46. The lowest BCUT2D eigenvalue weighted by atomic mass is 10.1. The molecule has 18 heavy (non-hydrogen) atoms. The van der Waals surface area contributed by atoms with Crippen molar-refractivity contribution < 1.29 is 9.53 Å².